The minimum atomic E-state index is -4.94. The number of carbonyl (C=O) groups excluding carboxylic acids is 1. The molecule has 5 unspecified atom stereocenters. The predicted molar refractivity (Wildman–Crippen MR) is 118 cm³/mol. The van der Waals surface area contributed by atoms with E-state index in [1.807, 2.05) is 6.92 Å². The van der Waals surface area contributed by atoms with Crippen molar-refractivity contribution in [1.29, 1.82) is 0 Å². The molecule has 0 aliphatic heterocycles. The summed E-state index contributed by atoms with van der Waals surface area (Å²) in [6, 6.07) is -2.32. The van der Waals surface area contributed by atoms with Gasteiger partial charge in [0.1, 0.15) is 5.83 Å². The summed E-state index contributed by atoms with van der Waals surface area (Å²) in [7, 11) is 0.899. The van der Waals surface area contributed by atoms with E-state index in [-0.39, 0.29) is 29.4 Å². The van der Waals surface area contributed by atoms with E-state index in [0.717, 1.165) is 44.6 Å². The fraction of sp³-hybridized carbons (Fsp3) is 0.739. The summed E-state index contributed by atoms with van der Waals surface area (Å²) in [6.45, 7) is 6.75. The molecule has 2 saturated carbocycles. The van der Waals surface area contributed by atoms with E-state index in [1.165, 1.54) is 6.20 Å². The number of amides is 1. The second-order valence-corrected chi connectivity index (χ2v) is 8.78. The largest absolute Gasteiger partial charge is 0.490 e. The number of rotatable bonds is 11. The first-order chi connectivity index (χ1) is 15.5. The van der Waals surface area contributed by atoms with Crippen molar-refractivity contribution in [1.82, 2.24) is 4.90 Å². The molecule has 2 aliphatic carbocycles. The van der Waals surface area contributed by atoms with Crippen LogP contribution >= 0.6 is 0 Å². The van der Waals surface area contributed by atoms with Gasteiger partial charge in [0.25, 0.3) is 0 Å². The Morgan fingerprint density at radius 1 is 1.39 bits per heavy atom. The van der Waals surface area contributed by atoms with Crippen LogP contribution in [0, 0.1) is 11.3 Å². The fourth-order valence-electron chi connectivity index (χ4n) is 4.79. The molecule has 0 spiro atoms. The number of fused-ring (bicyclic) bond motifs is 1. The standard InChI is InChI=1S/C23H35F4N3O3/c1-5-8-20(29-13-16(24)6-2)22-10-9-17(11-15(22)12-22)33-14-19(18(28)7-3)30(21(31)32-4)23(25,26)27/h6,13,15,17-19H,2,5,7-12,14,28H2,1,3-4H3/b16-13+,29-20?. The zero-order valence-corrected chi connectivity index (χ0v) is 19.5. The van der Waals surface area contributed by atoms with Crippen LogP contribution in [0.3, 0.4) is 0 Å². The van der Waals surface area contributed by atoms with Crippen LogP contribution in [0.15, 0.2) is 29.7 Å². The van der Waals surface area contributed by atoms with E-state index < -0.39 is 30.3 Å². The Hall–Kier alpha value is -1.94. The molecule has 2 aliphatic rings. The molecule has 188 valence electrons. The van der Waals surface area contributed by atoms with Crippen LogP contribution in [0.2, 0.25) is 0 Å². The van der Waals surface area contributed by atoms with Crippen LogP contribution < -0.4 is 5.73 Å². The van der Waals surface area contributed by atoms with Crippen LogP contribution in [0.25, 0.3) is 0 Å². The first kappa shape index (κ1) is 27.3. The van der Waals surface area contributed by atoms with Crippen LogP contribution in [-0.4, -0.2) is 54.9 Å². The molecule has 0 heterocycles. The molecule has 0 aromatic rings. The summed E-state index contributed by atoms with van der Waals surface area (Å²) in [5.41, 5.74) is 6.81. The first-order valence-electron chi connectivity index (χ1n) is 11.4. The molecule has 1 amide bonds. The Labute approximate surface area is 192 Å². The number of alkyl halides is 3. The maximum Gasteiger partial charge on any atom is 0.490 e. The predicted octanol–water partition coefficient (Wildman–Crippen LogP) is 5.49. The fourth-order valence-corrected chi connectivity index (χ4v) is 4.79. The Kier molecular flexibility index (Phi) is 9.48. The molecule has 5 atom stereocenters. The number of halogens is 4. The topological polar surface area (TPSA) is 77.2 Å². The highest BCUT2D eigenvalue weighted by Crippen LogP contribution is 2.63. The summed E-state index contributed by atoms with van der Waals surface area (Å²) in [6.07, 6.45) is 0.489. The summed E-state index contributed by atoms with van der Waals surface area (Å²) in [5.74, 6) is -0.202. The Bertz CT molecular complexity index is 756. The maximum atomic E-state index is 13.6. The summed E-state index contributed by atoms with van der Waals surface area (Å²) in [5, 5.41) is 0. The Morgan fingerprint density at radius 3 is 2.61 bits per heavy atom. The molecule has 6 nitrogen and oxygen atoms in total. The number of carbonyl (C=O) groups is 1. The van der Waals surface area contributed by atoms with Gasteiger partial charge in [0.2, 0.25) is 0 Å². The van der Waals surface area contributed by atoms with Crippen molar-refractivity contribution < 1.29 is 31.8 Å². The molecule has 0 bridgehead atoms. The van der Waals surface area contributed by atoms with E-state index in [9.17, 15) is 22.4 Å². The van der Waals surface area contributed by atoms with Gasteiger partial charge in [-0.05, 0) is 50.5 Å². The zero-order chi connectivity index (χ0) is 24.8. The molecule has 2 N–H and O–H groups in total. The van der Waals surface area contributed by atoms with Crippen molar-refractivity contribution in [3.8, 4) is 0 Å². The van der Waals surface area contributed by atoms with Gasteiger partial charge in [0.15, 0.2) is 0 Å². The molecule has 33 heavy (non-hydrogen) atoms. The summed E-state index contributed by atoms with van der Waals surface area (Å²) < 4.78 is 64.4. The van der Waals surface area contributed by atoms with Gasteiger partial charge in [0.05, 0.1) is 32.1 Å². The third-order valence-electron chi connectivity index (χ3n) is 6.74. The highest BCUT2D eigenvalue weighted by Gasteiger charge is 2.59. The number of hydrogen-bond donors (Lipinski definition) is 1. The van der Waals surface area contributed by atoms with Crippen molar-refractivity contribution in [2.24, 2.45) is 22.1 Å². The average Bonchev–Trinajstić information content (AvgIpc) is 3.51. The lowest BCUT2D eigenvalue weighted by atomic mass is 9.81. The van der Waals surface area contributed by atoms with E-state index in [1.54, 1.807) is 6.92 Å². The number of ether oxygens (including phenoxy) is 2. The molecular formula is C23H35F4N3O3. The van der Waals surface area contributed by atoms with Gasteiger partial charge in [0, 0.05) is 17.2 Å². The van der Waals surface area contributed by atoms with Gasteiger partial charge in [-0.25, -0.2) is 14.1 Å². The summed E-state index contributed by atoms with van der Waals surface area (Å²) >= 11 is 0. The molecule has 10 heteroatoms. The Balaban J connectivity index is 2.07. The number of hydrogen-bond acceptors (Lipinski definition) is 5. The third-order valence-corrected chi connectivity index (χ3v) is 6.74. The van der Waals surface area contributed by atoms with Crippen LogP contribution in [0.5, 0.6) is 0 Å². The second kappa shape index (κ2) is 11.5. The van der Waals surface area contributed by atoms with Gasteiger partial charge in [-0.2, -0.15) is 0 Å². The number of methoxy groups -OCH3 is 1. The number of nitrogens with two attached hydrogens (primary N) is 1. The second-order valence-electron chi connectivity index (χ2n) is 8.78. The minimum Gasteiger partial charge on any atom is -0.453 e. The molecule has 0 saturated heterocycles. The van der Waals surface area contributed by atoms with Crippen molar-refractivity contribution in [3.63, 3.8) is 0 Å². The number of allylic oxidation sites excluding steroid dienone is 2. The van der Waals surface area contributed by atoms with Crippen molar-refractivity contribution in [3.05, 3.63) is 24.7 Å². The average molecular weight is 478 g/mol. The lowest BCUT2D eigenvalue weighted by molar-refractivity contribution is -0.248. The zero-order valence-electron chi connectivity index (χ0n) is 19.5. The van der Waals surface area contributed by atoms with Crippen LogP contribution in [0.1, 0.15) is 58.8 Å². The normalized spacial score (nSPS) is 27.4. The van der Waals surface area contributed by atoms with Crippen LogP contribution in [0.4, 0.5) is 22.4 Å². The first-order valence-corrected chi connectivity index (χ1v) is 11.4. The number of nitrogens with zero attached hydrogens (tertiary/aromatic N) is 2. The van der Waals surface area contributed by atoms with Crippen molar-refractivity contribution in [2.75, 3.05) is 13.7 Å². The van der Waals surface area contributed by atoms with E-state index in [0.29, 0.717) is 18.8 Å². The lowest BCUT2D eigenvalue weighted by Gasteiger charge is -2.36. The monoisotopic (exact) mass is 477 g/mol. The molecule has 0 aromatic carbocycles. The SMILES string of the molecule is C=C/C(F)=C\N=C(CCC)C12CCC(OCC(C(N)CC)N(C(=O)OC)C(F)(F)F)CC1C2. The van der Waals surface area contributed by atoms with Gasteiger partial charge < -0.3 is 15.2 Å². The molecule has 2 rings (SSSR count). The van der Waals surface area contributed by atoms with Gasteiger partial charge in [-0.1, -0.05) is 26.8 Å². The Morgan fingerprint density at radius 2 is 2.09 bits per heavy atom. The lowest BCUT2D eigenvalue weighted by Crippen LogP contribution is -2.58. The highest BCUT2D eigenvalue weighted by atomic mass is 19.4. The minimum absolute atomic E-state index is 0.0862. The highest BCUT2D eigenvalue weighted by molar-refractivity contribution is 5.93. The van der Waals surface area contributed by atoms with Gasteiger partial charge >= 0.3 is 12.4 Å². The van der Waals surface area contributed by atoms with Crippen molar-refractivity contribution in [2.45, 2.75) is 83.3 Å². The molecule has 0 aromatic heterocycles. The van der Waals surface area contributed by atoms with Gasteiger partial charge in [-0.15, -0.1) is 13.2 Å². The summed E-state index contributed by atoms with van der Waals surface area (Å²) in [4.78, 5) is 16.0. The molecular weight excluding hydrogens is 442 g/mol. The number of aliphatic imine (C=N–C) groups is 1. The van der Waals surface area contributed by atoms with E-state index in [2.05, 4.69) is 16.3 Å². The maximum absolute atomic E-state index is 13.6. The van der Waals surface area contributed by atoms with E-state index in [4.69, 9.17) is 10.5 Å². The van der Waals surface area contributed by atoms with Crippen LogP contribution in [-0.2, 0) is 9.47 Å². The van der Waals surface area contributed by atoms with Crippen molar-refractivity contribution >= 4 is 11.8 Å². The smallest absolute Gasteiger partial charge is 0.453 e. The van der Waals surface area contributed by atoms with E-state index >= 15 is 0 Å². The molecule has 0 radical (unpaired) electrons. The van der Waals surface area contributed by atoms with Gasteiger partial charge in [-0.3, -0.25) is 4.99 Å². The quantitative estimate of drug-likeness (QED) is 0.185. The molecule has 2 fully saturated rings. The third kappa shape index (κ3) is 6.56.